The molecule has 5 rings (SSSR count). The van der Waals surface area contributed by atoms with E-state index in [0.717, 1.165) is 55.4 Å². The molecule has 0 spiro atoms. The van der Waals surface area contributed by atoms with Gasteiger partial charge in [-0.15, -0.1) is 0 Å². The lowest BCUT2D eigenvalue weighted by molar-refractivity contribution is -0.121. The molecule has 1 aliphatic rings. The number of aromatic nitrogens is 3. The van der Waals surface area contributed by atoms with Crippen LogP contribution < -0.4 is 15.8 Å². The summed E-state index contributed by atoms with van der Waals surface area (Å²) in [7, 11) is 0. The van der Waals surface area contributed by atoms with Crippen molar-refractivity contribution in [2.45, 2.75) is 26.8 Å². The standard InChI is InChI=1S/C27H32N6O2/c1-19-8-9-20(2)24(16-19)32-14-12-31(13-15-32)11-5-10-28-25(34)18-33-23-7-4-3-6-21(23)22-17-29-30-27(35)26(22)33/h3-4,6-9,16-17H,5,10-15,18H2,1-2H3,(H,28,34)(H,30,35). The Bertz CT molecular complexity index is 1410. The molecule has 35 heavy (non-hydrogen) atoms. The lowest BCUT2D eigenvalue weighted by atomic mass is 10.1. The summed E-state index contributed by atoms with van der Waals surface area (Å²) in [6, 6.07) is 14.4. The van der Waals surface area contributed by atoms with Crippen molar-refractivity contribution >= 4 is 33.4 Å². The normalized spacial score (nSPS) is 14.6. The Morgan fingerprint density at radius 1 is 1.06 bits per heavy atom. The van der Waals surface area contributed by atoms with Crippen LogP contribution in [0, 0.1) is 13.8 Å². The van der Waals surface area contributed by atoms with Crippen molar-refractivity contribution in [3.63, 3.8) is 0 Å². The Kier molecular flexibility index (Phi) is 6.55. The van der Waals surface area contributed by atoms with E-state index in [2.05, 4.69) is 57.4 Å². The number of anilines is 1. The number of H-pyrrole nitrogens is 1. The fraction of sp³-hybridized carbons (Fsp3) is 0.370. The third kappa shape index (κ3) is 4.79. The largest absolute Gasteiger partial charge is 0.369 e. The fourth-order valence-corrected chi connectivity index (χ4v) is 5.08. The van der Waals surface area contributed by atoms with Gasteiger partial charge in [0.1, 0.15) is 12.1 Å². The van der Waals surface area contributed by atoms with Crippen LogP contribution in [-0.4, -0.2) is 64.8 Å². The summed E-state index contributed by atoms with van der Waals surface area (Å²) >= 11 is 0. The molecule has 0 unspecified atom stereocenters. The van der Waals surface area contributed by atoms with E-state index in [9.17, 15) is 9.59 Å². The molecule has 0 radical (unpaired) electrons. The van der Waals surface area contributed by atoms with Gasteiger partial charge in [0.2, 0.25) is 5.91 Å². The number of amides is 1. The minimum atomic E-state index is -0.286. The first-order valence-electron chi connectivity index (χ1n) is 12.3. The van der Waals surface area contributed by atoms with Gasteiger partial charge in [0.05, 0.1) is 6.20 Å². The Balaban J connectivity index is 1.13. The topological polar surface area (TPSA) is 86.3 Å². The minimum Gasteiger partial charge on any atom is -0.369 e. The maximum Gasteiger partial charge on any atom is 0.288 e. The molecule has 8 heteroatoms. The average Bonchev–Trinajstić information content (AvgIpc) is 3.18. The van der Waals surface area contributed by atoms with Crippen molar-refractivity contribution in [2.75, 3.05) is 44.2 Å². The Labute approximate surface area is 204 Å². The van der Waals surface area contributed by atoms with Gasteiger partial charge >= 0.3 is 0 Å². The van der Waals surface area contributed by atoms with Crippen molar-refractivity contribution in [3.05, 3.63) is 70.1 Å². The fourth-order valence-electron chi connectivity index (χ4n) is 5.08. The molecule has 1 saturated heterocycles. The second kappa shape index (κ2) is 9.92. The van der Waals surface area contributed by atoms with Gasteiger partial charge in [-0.2, -0.15) is 5.10 Å². The van der Waals surface area contributed by atoms with Crippen LogP contribution in [0.2, 0.25) is 0 Å². The summed E-state index contributed by atoms with van der Waals surface area (Å²) in [5.74, 6) is -0.0939. The van der Waals surface area contributed by atoms with Crippen molar-refractivity contribution in [3.8, 4) is 0 Å². The predicted octanol–water partition coefficient (Wildman–Crippen LogP) is 2.82. The van der Waals surface area contributed by atoms with Gasteiger partial charge in [-0.25, -0.2) is 5.10 Å². The number of fused-ring (bicyclic) bond motifs is 3. The zero-order valence-electron chi connectivity index (χ0n) is 20.4. The smallest absolute Gasteiger partial charge is 0.288 e. The molecule has 0 saturated carbocycles. The monoisotopic (exact) mass is 472 g/mol. The Morgan fingerprint density at radius 2 is 1.86 bits per heavy atom. The summed E-state index contributed by atoms with van der Waals surface area (Å²) in [5, 5.41) is 11.1. The third-order valence-corrected chi connectivity index (χ3v) is 6.94. The van der Waals surface area contributed by atoms with E-state index in [1.807, 2.05) is 24.3 Å². The van der Waals surface area contributed by atoms with Crippen molar-refractivity contribution < 1.29 is 4.79 Å². The van der Waals surface area contributed by atoms with Crippen LogP contribution >= 0.6 is 0 Å². The number of para-hydroxylation sites is 1. The average molecular weight is 473 g/mol. The van der Waals surface area contributed by atoms with Crippen molar-refractivity contribution in [1.82, 2.24) is 25.0 Å². The number of aryl methyl sites for hydroxylation is 2. The number of aromatic amines is 1. The number of hydrogen-bond acceptors (Lipinski definition) is 5. The number of carbonyl (C=O) groups excluding carboxylic acids is 1. The Morgan fingerprint density at radius 3 is 2.69 bits per heavy atom. The lowest BCUT2D eigenvalue weighted by Crippen LogP contribution is -2.47. The SMILES string of the molecule is Cc1ccc(C)c(N2CCN(CCCNC(=O)Cn3c4ccccc4c4cn[nH]c(=O)c43)CC2)c1. The first-order valence-corrected chi connectivity index (χ1v) is 12.3. The second-order valence-corrected chi connectivity index (χ2v) is 9.39. The quantitative estimate of drug-likeness (QED) is 0.404. The number of nitrogens with one attached hydrogen (secondary N) is 2. The maximum atomic E-state index is 12.7. The van der Waals surface area contributed by atoms with E-state index in [0.29, 0.717) is 12.1 Å². The summed E-state index contributed by atoms with van der Waals surface area (Å²) in [6.45, 7) is 10.1. The molecule has 0 bridgehead atoms. The molecule has 1 amide bonds. The number of benzene rings is 2. The molecule has 0 aliphatic carbocycles. The second-order valence-electron chi connectivity index (χ2n) is 9.39. The number of carbonyl (C=O) groups is 1. The summed E-state index contributed by atoms with van der Waals surface area (Å²) < 4.78 is 1.78. The molecule has 1 fully saturated rings. The van der Waals surface area contributed by atoms with Gasteiger partial charge in [0.25, 0.3) is 5.56 Å². The van der Waals surface area contributed by atoms with Crippen LogP contribution in [0.1, 0.15) is 17.5 Å². The van der Waals surface area contributed by atoms with E-state index in [-0.39, 0.29) is 18.0 Å². The number of nitrogens with zero attached hydrogens (tertiary/aromatic N) is 4. The zero-order chi connectivity index (χ0) is 24.4. The van der Waals surface area contributed by atoms with Crippen LogP contribution in [0.3, 0.4) is 0 Å². The van der Waals surface area contributed by atoms with Crippen molar-refractivity contribution in [2.24, 2.45) is 0 Å². The van der Waals surface area contributed by atoms with Gasteiger partial charge in [-0.1, -0.05) is 30.3 Å². The van der Waals surface area contributed by atoms with Gasteiger partial charge < -0.3 is 14.8 Å². The molecule has 8 nitrogen and oxygen atoms in total. The third-order valence-electron chi connectivity index (χ3n) is 6.94. The first-order chi connectivity index (χ1) is 17.0. The van der Waals surface area contributed by atoms with E-state index in [1.165, 1.54) is 16.8 Å². The molecule has 0 atom stereocenters. The molecule has 4 aromatic rings. The minimum absolute atomic E-state index is 0.0939. The highest BCUT2D eigenvalue weighted by molar-refractivity contribution is 6.07. The molecule has 3 heterocycles. The van der Waals surface area contributed by atoms with Crippen LogP contribution in [-0.2, 0) is 11.3 Å². The summed E-state index contributed by atoms with van der Waals surface area (Å²) in [5.41, 5.74) is 5.03. The molecular formula is C27H32N6O2. The highest BCUT2D eigenvalue weighted by Crippen LogP contribution is 2.26. The molecule has 2 aromatic heterocycles. The molecular weight excluding hydrogens is 440 g/mol. The zero-order valence-corrected chi connectivity index (χ0v) is 20.4. The number of rotatable bonds is 7. The van der Waals surface area contributed by atoms with E-state index < -0.39 is 0 Å². The van der Waals surface area contributed by atoms with Crippen LogP contribution in [0.5, 0.6) is 0 Å². The predicted molar refractivity (Wildman–Crippen MR) is 140 cm³/mol. The first kappa shape index (κ1) is 23.1. The van der Waals surface area contributed by atoms with Crippen LogP contribution in [0.15, 0.2) is 53.5 Å². The number of piperazine rings is 1. The van der Waals surface area contributed by atoms with Crippen molar-refractivity contribution in [1.29, 1.82) is 0 Å². The summed E-state index contributed by atoms with van der Waals surface area (Å²) in [6.07, 6.45) is 2.54. The molecule has 2 N–H and O–H groups in total. The van der Waals surface area contributed by atoms with Crippen LogP contribution in [0.4, 0.5) is 5.69 Å². The summed E-state index contributed by atoms with van der Waals surface area (Å²) in [4.78, 5) is 30.1. The molecule has 182 valence electrons. The lowest BCUT2D eigenvalue weighted by Gasteiger charge is -2.37. The molecule has 2 aromatic carbocycles. The maximum absolute atomic E-state index is 12.7. The highest BCUT2D eigenvalue weighted by Gasteiger charge is 2.19. The van der Waals surface area contributed by atoms with Gasteiger partial charge in [0, 0.05) is 54.7 Å². The van der Waals surface area contributed by atoms with Crippen LogP contribution in [0.25, 0.3) is 21.8 Å². The molecule has 1 aliphatic heterocycles. The van der Waals surface area contributed by atoms with Gasteiger partial charge in [0.15, 0.2) is 0 Å². The number of hydrogen-bond donors (Lipinski definition) is 2. The van der Waals surface area contributed by atoms with E-state index in [4.69, 9.17) is 0 Å². The van der Waals surface area contributed by atoms with Gasteiger partial charge in [-0.3, -0.25) is 14.5 Å². The highest BCUT2D eigenvalue weighted by atomic mass is 16.2. The van der Waals surface area contributed by atoms with E-state index in [1.54, 1.807) is 10.8 Å². The van der Waals surface area contributed by atoms with Gasteiger partial charge in [-0.05, 0) is 50.1 Å². The van der Waals surface area contributed by atoms with E-state index >= 15 is 0 Å². The Hall–Kier alpha value is -3.65.